The van der Waals surface area contributed by atoms with Gasteiger partial charge in [0.05, 0.1) is 30.3 Å². The molecule has 0 saturated carbocycles. The van der Waals surface area contributed by atoms with Gasteiger partial charge in [-0.3, -0.25) is 4.79 Å². The van der Waals surface area contributed by atoms with Crippen LogP contribution < -0.4 is 5.32 Å². The zero-order chi connectivity index (χ0) is 20.1. The van der Waals surface area contributed by atoms with Crippen molar-refractivity contribution in [1.29, 1.82) is 0 Å². The van der Waals surface area contributed by atoms with E-state index in [1.165, 1.54) is 10.4 Å². The molecule has 0 spiro atoms. The Labute approximate surface area is 173 Å². The van der Waals surface area contributed by atoms with Crippen molar-refractivity contribution in [2.75, 3.05) is 31.7 Å². The molecule has 2 atom stereocenters. The number of rotatable bonds is 8. The Balaban J connectivity index is 1.73. The molecule has 1 aromatic carbocycles. The van der Waals surface area contributed by atoms with Crippen LogP contribution in [0.3, 0.4) is 0 Å². The predicted octanol–water partition coefficient (Wildman–Crippen LogP) is 1.32. The minimum Gasteiger partial charge on any atom is -0.394 e. The van der Waals surface area contributed by atoms with Gasteiger partial charge in [-0.05, 0) is 43.4 Å². The van der Waals surface area contributed by atoms with Gasteiger partial charge in [-0.15, -0.1) is 0 Å². The van der Waals surface area contributed by atoms with E-state index in [4.69, 9.17) is 0 Å². The number of aliphatic hydroxyl groups is 1. The summed E-state index contributed by atoms with van der Waals surface area (Å²) in [5.74, 6) is 0.204. The summed E-state index contributed by atoms with van der Waals surface area (Å²) in [5.41, 5.74) is 0.924. The van der Waals surface area contributed by atoms with Gasteiger partial charge in [-0.2, -0.15) is 24.8 Å². The first-order chi connectivity index (χ1) is 13.5. The molecular weight excluding hydrogens is 420 g/mol. The Morgan fingerprint density at radius 3 is 3.04 bits per heavy atom. The lowest BCUT2D eigenvalue weighted by Crippen LogP contribution is -2.48. The number of sulfonamides is 1. The number of amides is 1. The van der Waals surface area contributed by atoms with Crippen molar-refractivity contribution in [3.05, 3.63) is 18.2 Å². The van der Waals surface area contributed by atoms with Gasteiger partial charge in [0.1, 0.15) is 15.9 Å². The molecule has 0 unspecified atom stereocenters. The molecule has 154 valence electrons. The largest absolute Gasteiger partial charge is 0.394 e. The molecule has 2 aromatic rings. The van der Waals surface area contributed by atoms with Gasteiger partial charge in [-0.25, -0.2) is 8.42 Å². The number of hydrogen-bond donors (Lipinski definition) is 2. The topological polar surface area (TPSA) is 112 Å². The third-order valence-electron chi connectivity index (χ3n) is 4.86. The summed E-state index contributed by atoms with van der Waals surface area (Å²) in [6.45, 7) is 0.374. The van der Waals surface area contributed by atoms with Crippen LogP contribution in [0, 0.1) is 5.92 Å². The maximum absolute atomic E-state index is 13.2. The number of aliphatic hydroxyl groups excluding tert-OH is 1. The molecule has 8 nitrogen and oxygen atoms in total. The molecule has 28 heavy (non-hydrogen) atoms. The fourth-order valence-corrected chi connectivity index (χ4v) is 6.09. The molecule has 0 radical (unpaired) electrons. The summed E-state index contributed by atoms with van der Waals surface area (Å²) >= 11 is 2.63. The van der Waals surface area contributed by atoms with E-state index in [0.29, 0.717) is 36.8 Å². The summed E-state index contributed by atoms with van der Waals surface area (Å²) < 4.78 is 36.0. The fourth-order valence-electron chi connectivity index (χ4n) is 3.29. The van der Waals surface area contributed by atoms with Crippen LogP contribution >= 0.6 is 23.5 Å². The summed E-state index contributed by atoms with van der Waals surface area (Å²) in [7, 11) is -3.77. The van der Waals surface area contributed by atoms with Crippen molar-refractivity contribution in [2.24, 2.45) is 5.92 Å². The van der Waals surface area contributed by atoms with Gasteiger partial charge in [-0.1, -0.05) is 6.07 Å². The molecule has 2 N–H and O–H groups in total. The van der Waals surface area contributed by atoms with Crippen LogP contribution in [0.1, 0.15) is 19.3 Å². The maximum atomic E-state index is 13.2. The van der Waals surface area contributed by atoms with Crippen molar-refractivity contribution >= 4 is 50.5 Å². The minimum atomic E-state index is -3.77. The Morgan fingerprint density at radius 1 is 1.46 bits per heavy atom. The van der Waals surface area contributed by atoms with Gasteiger partial charge in [0.15, 0.2) is 0 Å². The number of nitrogens with zero attached hydrogens (tertiary/aromatic N) is 3. The molecule has 2 heterocycles. The molecule has 11 heteroatoms. The van der Waals surface area contributed by atoms with Crippen LogP contribution in [-0.2, 0) is 14.8 Å². The molecule has 1 aliphatic heterocycles. The first-order valence-electron chi connectivity index (χ1n) is 9.09. The highest BCUT2D eigenvalue weighted by Gasteiger charge is 2.35. The van der Waals surface area contributed by atoms with Gasteiger partial charge < -0.3 is 10.4 Å². The number of nitrogens with one attached hydrogen (secondary N) is 1. The average Bonchev–Trinajstić information content (AvgIpc) is 3.19. The number of thioether (sulfide) groups is 1. The van der Waals surface area contributed by atoms with E-state index in [1.807, 2.05) is 6.26 Å². The average molecular weight is 445 g/mol. The number of piperidine rings is 1. The second kappa shape index (κ2) is 9.49. The summed E-state index contributed by atoms with van der Waals surface area (Å²) in [5, 5.41) is 12.3. The molecular formula is C17H24N4O4S3. The summed E-state index contributed by atoms with van der Waals surface area (Å²) in [4.78, 5) is 12.8. The van der Waals surface area contributed by atoms with Crippen molar-refractivity contribution < 1.29 is 18.3 Å². The number of fused-ring (bicyclic) bond motifs is 1. The van der Waals surface area contributed by atoms with Gasteiger partial charge in [0.2, 0.25) is 15.9 Å². The van der Waals surface area contributed by atoms with Crippen LogP contribution in [0.15, 0.2) is 23.1 Å². The van der Waals surface area contributed by atoms with E-state index >= 15 is 0 Å². The lowest BCUT2D eigenvalue weighted by molar-refractivity contribution is -0.127. The fraction of sp³-hybridized carbons (Fsp3) is 0.588. The molecule has 1 fully saturated rings. The van der Waals surface area contributed by atoms with Gasteiger partial charge in [0.25, 0.3) is 0 Å². The molecule has 1 amide bonds. The van der Waals surface area contributed by atoms with E-state index < -0.39 is 15.9 Å². The van der Waals surface area contributed by atoms with E-state index in [0.717, 1.165) is 17.5 Å². The van der Waals surface area contributed by atoms with Crippen LogP contribution in [0.4, 0.5) is 0 Å². The van der Waals surface area contributed by atoms with E-state index in [1.54, 1.807) is 23.9 Å². The standard InChI is InChI=1S/C17H24N4O4S3/c1-26-9-7-13(11-22)18-17(23)12-4-3-8-21(10-12)28(24,25)15-6-2-5-14-16(15)20-27-19-14/h2,5-6,12-13,22H,3-4,7-11H2,1H3,(H,18,23)/t12-,13-/m1/s1. The highest BCUT2D eigenvalue weighted by Crippen LogP contribution is 2.28. The zero-order valence-corrected chi connectivity index (χ0v) is 18.0. The third-order valence-corrected chi connectivity index (χ3v) is 7.94. The Morgan fingerprint density at radius 2 is 2.29 bits per heavy atom. The van der Waals surface area contributed by atoms with Gasteiger partial charge >= 0.3 is 0 Å². The second-order valence-electron chi connectivity index (χ2n) is 6.76. The quantitative estimate of drug-likeness (QED) is 0.631. The van der Waals surface area contributed by atoms with E-state index in [9.17, 15) is 18.3 Å². The second-order valence-corrected chi connectivity index (χ2v) is 10.2. The highest BCUT2D eigenvalue weighted by atomic mass is 32.2. The maximum Gasteiger partial charge on any atom is 0.245 e. The molecule has 0 aliphatic carbocycles. The Kier molecular flexibility index (Phi) is 7.26. The van der Waals surface area contributed by atoms with Crippen LogP contribution in [0.25, 0.3) is 11.0 Å². The third kappa shape index (κ3) is 4.65. The Bertz CT molecular complexity index is 918. The molecule has 3 rings (SSSR count). The number of aromatic nitrogens is 2. The van der Waals surface area contributed by atoms with Crippen LogP contribution in [0.2, 0.25) is 0 Å². The lowest BCUT2D eigenvalue weighted by Gasteiger charge is -2.32. The van der Waals surface area contributed by atoms with Crippen molar-refractivity contribution in [3.8, 4) is 0 Å². The van der Waals surface area contributed by atoms with Crippen molar-refractivity contribution in [2.45, 2.75) is 30.2 Å². The van der Waals surface area contributed by atoms with Crippen molar-refractivity contribution in [1.82, 2.24) is 18.4 Å². The molecule has 0 bridgehead atoms. The first-order valence-corrected chi connectivity index (χ1v) is 12.7. The number of benzene rings is 1. The molecule has 1 aliphatic rings. The first kappa shape index (κ1) is 21.4. The SMILES string of the molecule is CSCC[C@H](CO)NC(=O)[C@@H]1CCCN(S(=O)(=O)c2cccc3nsnc23)C1. The number of carbonyl (C=O) groups is 1. The van der Waals surface area contributed by atoms with Gasteiger partial charge in [0, 0.05) is 13.1 Å². The van der Waals surface area contributed by atoms with Crippen LogP contribution in [-0.4, -0.2) is 70.2 Å². The number of carbonyl (C=O) groups excluding carboxylic acids is 1. The molecule has 1 aromatic heterocycles. The lowest BCUT2D eigenvalue weighted by atomic mass is 9.98. The smallest absolute Gasteiger partial charge is 0.245 e. The van der Waals surface area contributed by atoms with E-state index in [2.05, 4.69) is 14.1 Å². The van der Waals surface area contributed by atoms with Crippen LogP contribution in [0.5, 0.6) is 0 Å². The highest BCUT2D eigenvalue weighted by molar-refractivity contribution is 7.98. The van der Waals surface area contributed by atoms with E-state index in [-0.39, 0.29) is 30.0 Å². The zero-order valence-electron chi connectivity index (χ0n) is 15.6. The monoisotopic (exact) mass is 444 g/mol. The normalized spacial score (nSPS) is 19.6. The summed E-state index contributed by atoms with van der Waals surface area (Å²) in [6, 6.07) is 4.62. The van der Waals surface area contributed by atoms with Crippen molar-refractivity contribution in [3.63, 3.8) is 0 Å². The predicted molar refractivity (Wildman–Crippen MR) is 111 cm³/mol. The molecule has 1 saturated heterocycles. The Hall–Kier alpha value is -1.27. The summed E-state index contributed by atoms with van der Waals surface area (Å²) in [6.07, 6.45) is 3.88. The minimum absolute atomic E-state index is 0.125. The number of hydrogen-bond acceptors (Lipinski definition) is 8.